The maximum absolute atomic E-state index is 12.7. The van der Waals surface area contributed by atoms with Crippen LogP contribution in [0.15, 0.2) is 30.5 Å². The highest BCUT2D eigenvalue weighted by Crippen LogP contribution is 2.18. The van der Waals surface area contributed by atoms with Crippen molar-refractivity contribution in [1.29, 1.82) is 0 Å². The largest absolute Gasteiger partial charge is 0.480 e. The fourth-order valence-electron chi connectivity index (χ4n) is 3.11. The number of fused-ring (bicyclic) bond motifs is 1. The Bertz CT molecular complexity index is 955. The first-order valence-corrected chi connectivity index (χ1v) is 10.0. The predicted molar refractivity (Wildman–Crippen MR) is 115 cm³/mol. The standard InChI is InChI=1S/C21H29N5O5/c1-11(2)18(21(31)25-12(3)19(29)24-10-17(27)28)26-20(30)15(22)8-13-9-23-16-7-5-4-6-14(13)16/h4-7,9,11-12,15,18,23H,8,10,22H2,1-3H3,(H,24,29)(H,25,31)(H,26,30)(H,27,28). The van der Waals surface area contributed by atoms with Gasteiger partial charge >= 0.3 is 5.97 Å². The minimum atomic E-state index is -1.19. The zero-order chi connectivity index (χ0) is 23.1. The summed E-state index contributed by atoms with van der Waals surface area (Å²) in [6.07, 6.45) is 2.10. The summed E-state index contributed by atoms with van der Waals surface area (Å²) in [7, 11) is 0. The number of carboxylic acids is 1. The van der Waals surface area contributed by atoms with Crippen molar-refractivity contribution in [3.63, 3.8) is 0 Å². The maximum atomic E-state index is 12.7. The van der Waals surface area contributed by atoms with Crippen molar-refractivity contribution in [3.8, 4) is 0 Å². The van der Waals surface area contributed by atoms with Crippen LogP contribution in [0.5, 0.6) is 0 Å². The van der Waals surface area contributed by atoms with E-state index in [1.807, 2.05) is 30.5 Å². The van der Waals surface area contributed by atoms with Gasteiger partial charge in [0.05, 0.1) is 6.04 Å². The normalized spacial score (nSPS) is 14.0. The molecule has 0 aliphatic heterocycles. The molecular weight excluding hydrogens is 402 g/mol. The van der Waals surface area contributed by atoms with Crippen molar-refractivity contribution in [3.05, 3.63) is 36.0 Å². The summed E-state index contributed by atoms with van der Waals surface area (Å²) < 4.78 is 0. The van der Waals surface area contributed by atoms with Crippen LogP contribution >= 0.6 is 0 Å². The Morgan fingerprint density at radius 2 is 1.71 bits per heavy atom. The SMILES string of the molecule is CC(NC(=O)C(NC(=O)C(N)Cc1c[nH]c2ccccc12)C(C)C)C(=O)NCC(=O)O. The molecule has 3 amide bonds. The van der Waals surface area contributed by atoms with E-state index in [1.54, 1.807) is 13.8 Å². The van der Waals surface area contributed by atoms with Crippen molar-refractivity contribution in [2.24, 2.45) is 11.7 Å². The van der Waals surface area contributed by atoms with Gasteiger partial charge in [0.2, 0.25) is 17.7 Å². The zero-order valence-electron chi connectivity index (χ0n) is 17.8. The number of rotatable bonds is 10. The fourth-order valence-corrected chi connectivity index (χ4v) is 3.11. The highest BCUT2D eigenvalue weighted by atomic mass is 16.4. The number of hydrogen-bond acceptors (Lipinski definition) is 5. The lowest BCUT2D eigenvalue weighted by molar-refractivity contribution is -0.138. The number of carbonyl (C=O) groups is 4. The van der Waals surface area contributed by atoms with Crippen LogP contribution < -0.4 is 21.7 Å². The number of nitrogens with one attached hydrogen (secondary N) is 4. The second-order valence-corrected chi connectivity index (χ2v) is 7.74. The minimum absolute atomic E-state index is 0.265. The number of aromatic amines is 1. The molecule has 0 radical (unpaired) electrons. The third-order valence-corrected chi connectivity index (χ3v) is 4.86. The fraction of sp³-hybridized carbons (Fsp3) is 0.429. The molecule has 2 rings (SSSR count). The summed E-state index contributed by atoms with van der Waals surface area (Å²) in [5.74, 6) is -3.13. The van der Waals surface area contributed by atoms with Gasteiger partial charge in [-0.3, -0.25) is 19.2 Å². The predicted octanol–water partition coefficient (Wildman–Crippen LogP) is -0.116. The lowest BCUT2D eigenvalue weighted by Crippen LogP contribution is -2.57. The van der Waals surface area contributed by atoms with Crippen molar-refractivity contribution >= 4 is 34.6 Å². The number of amides is 3. The molecule has 0 bridgehead atoms. The number of hydrogen-bond donors (Lipinski definition) is 6. The van der Waals surface area contributed by atoms with E-state index in [2.05, 4.69) is 20.9 Å². The van der Waals surface area contributed by atoms with Gasteiger partial charge in [0, 0.05) is 17.1 Å². The van der Waals surface area contributed by atoms with Crippen molar-refractivity contribution in [2.75, 3.05) is 6.54 Å². The van der Waals surface area contributed by atoms with Crippen LogP contribution in [-0.2, 0) is 25.6 Å². The van der Waals surface area contributed by atoms with Crippen LogP contribution in [0.4, 0.5) is 0 Å². The van der Waals surface area contributed by atoms with Gasteiger partial charge < -0.3 is 31.8 Å². The van der Waals surface area contributed by atoms with E-state index in [0.717, 1.165) is 16.5 Å². The van der Waals surface area contributed by atoms with Crippen LogP contribution in [0, 0.1) is 5.92 Å². The summed E-state index contributed by atoms with van der Waals surface area (Å²) in [6.45, 7) is 4.39. The van der Waals surface area contributed by atoms with Crippen molar-refractivity contribution in [1.82, 2.24) is 20.9 Å². The molecule has 31 heavy (non-hydrogen) atoms. The van der Waals surface area contributed by atoms with Gasteiger partial charge in [-0.05, 0) is 30.9 Å². The third kappa shape index (κ3) is 6.54. The smallest absolute Gasteiger partial charge is 0.322 e. The first-order valence-electron chi connectivity index (χ1n) is 10.0. The van der Waals surface area contributed by atoms with Crippen LogP contribution in [0.25, 0.3) is 10.9 Å². The van der Waals surface area contributed by atoms with E-state index in [9.17, 15) is 19.2 Å². The van der Waals surface area contributed by atoms with Gasteiger partial charge in [0.25, 0.3) is 0 Å². The average Bonchev–Trinajstić information content (AvgIpc) is 3.12. The van der Waals surface area contributed by atoms with Gasteiger partial charge in [-0.1, -0.05) is 32.0 Å². The Kier molecular flexibility index (Phi) is 8.14. The van der Waals surface area contributed by atoms with Gasteiger partial charge in [-0.15, -0.1) is 0 Å². The quantitative estimate of drug-likeness (QED) is 0.307. The summed E-state index contributed by atoms with van der Waals surface area (Å²) >= 11 is 0. The number of nitrogens with two attached hydrogens (primary N) is 1. The van der Waals surface area contributed by atoms with E-state index in [-0.39, 0.29) is 12.3 Å². The number of aliphatic carboxylic acids is 1. The van der Waals surface area contributed by atoms with E-state index in [4.69, 9.17) is 10.8 Å². The van der Waals surface area contributed by atoms with Gasteiger partial charge in [0.1, 0.15) is 18.6 Å². The van der Waals surface area contributed by atoms with E-state index < -0.39 is 48.4 Å². The molecule has 0 aliphatic carbocycles. The van der Waals surface area contributed by atoms with Crippen LogP contribution in [0.2, 0.25) is 0 Å². The van der Waals surface area contributed by atoms with Crippen LogP contribution in [-0.4, -0.2) is 58.5 Å². The topological polar surface area (TPSA) is 166 Å². The number of carbonyl (C=O) groups excluding carboxylic acids is 3. The molecule has 3 unspecified atom stereocenters. The molecule has 168 valence electrons. The molecule has 1 aromatic heterocycles. The van der Waals surface area contributed by atoms with Crippen molar-refractivity contribution in [2.45, 2.75) is 45.3 Å². The minimum Gasteiger partial charge on any atom is -0.480 e. The number of carboxylic acid groups (broad SMARTS) is 1. The van der Waals surface area contributed by atoms with E-state index in [0.29, 0.717) is 0 Å². The molecule has 0 saturated carbocycles. The van der Waals surface area contributed by atoms with E-state index in [1.165, 1.54) is 6.92 Å². The molecule has 0 saturated heterocycles. The molecule has 0 spiro atoms. The highest BCUT2D eigenvalue weighted by molar-refractivity contribution is 5.94. The molecule has 10 nitrogen and oxygen atoms in total. The second-order valence-electron chi connectivity index (χ2n) is 7.74. The Hall–Kier alpha value is -3.40. The van der Waals surface area contributed by atoms with E-state index >= 15 is 0 Å². The molecule has 0 aliphatic rings. The number of para-hydroxylation sites is 1. The van der Waals surface area contributed by atoms with Gasteiger partial charge in [0.15, 0.2) is 0 Å². The Labute approximate surface area is 179 Å². The average molecular weight is 431 g/mol. The molecule has 7 N–H and O–H groups in total. The Morgan fingerprint density at radius 3 is 2.35 bits per heavy atom. The zero-order valence-corrected chi connectivity index (χ0v) is 17.8. The van der Waals surface area contributed by atoms with Gasteiger partial charge in [-0.25, -0.2) is 0 Å². The molecule has 3 atom stereocenters. The first kappa shape index (κ1) is 23.9. The van der Waals surface area contributed by atoms with Gasteiger partial charge in [-0.2, -0.15) is 0 Å². The molecule has 2 aromatic rings. The summed E-state index contributed by atoms with van der Waals surface area (Å²) in [5.41, 5.74) is 7.93. The summed E-state index contributed by atoms with van der Waals surface area (Å²) in [6, 6.07) is 4.93. The second kappa shape index (κ2) is 10.6. The summed E-state index contributed by atoms with van der Waals surface area (Å²) in [4.78, 5) is 50.8. The molecule has 1 heterocycles. The lowest BCUT2D eigenvalue weighted by Gasteiger charge is -2.25. The Balaban J connectivity index is 1.97. The van der Waals surface area contributed by atoms with Crippen LogP contribution in [0.3, 0.4) is 0 Å². The number of aromatic nitrogens is 1. The summed E-state index contributed by atoms with van der Waals surface area (Å²) in [5, 5.41) is 16.9. The highest BCUT2D eigenvalue weighted by Gasteiger charge is 2.29. The molecular formula is C21H29N5O5. The lowest BCUT2D eigenvalue weighted by atomic mass is 10.0. The molecule has 1 aromatic carbocycles. The number of H-pyrrole nitrogens is 1. The molecule has 10 heteroatoms. The van der Waals surface area contributed by atoms with Crippen LogP contribution in [0.1, 0.15) is 26.3 Å². The number of benzene rings is 1. The first-order chi connectivity index (χ1) is 14.6. The maximum Gasteiger partial charge on any atom is 0.322 e. The monoisotopic (exact) mass is 431 g/mol. The third-order valence-electron chi connectivity index (χ3n) is 4.86. The Morgan fingerprint density at radius 1 is 1.03 bits per heavy atom. The molecule has 0 fully saturated rings. The van der Waals surface area contributed by atoms with Crippen molar-refractivity contribution < 1.29 is 24.3 Å².